The average molecular weight is 322 g/mol. The van der Waals surface area contributed by atoms with Crippen LogP contribution in [0.5, 0.6) is 5.88 Å². The SMILES string of the molecule is CCOC(=O)c1nn2c(c1-c1ccc(C)c(F)c1F)OCCC2. The first-order valence-corrected chi connectivity index (χ1v) is 7.40. The molecule has 5 nitrogen and oxygen atoms in total. The number of nitrogens with zero attached hydrogens (tertiary/aromatic N) is 2. The van der Waals surface area contributed by atoms with Crippen molar-refractivity contribution < 1.29 is 23.0 Å². The molecule has 0 atom stereocenters. The van der Waals surface area contributed by atoms with Gasteiger partial charge in [0, 0.05) is 18.5 Å². The molecule has 1 aromatic heterocycles. The number of halogens is 2. The molecule has 7 heteroatoms. The standard InChI is InChI=1S/C16H16F2N2O3/c1-3-22-16(21)14-11(15-20(19-14)7-4-8-23-15)10-6-5-9(2)12(17)13(10)18/h5-6H,3-4,7-8H2,1-2H3. The minimum Gasteiger partial charge on any atom is -0.477 e. The maximum absolute atomic E-state index is 14.4. The quantitative estimate of drug-likeness (QED) is 0.815. The van der Waals surface area contributed by atoms with Gasteiger partial charge in [0.1, 0.15) is 0 Å². The molecule has 1 aliphatic rings. The van der Waals surface area contributed by atoms with Crippen LogP contribution in [0.3, 0.4) is 0 Å². The number of carbonyl (C=O) groups excluding carboxylic acids is 1. The molecular formula is C16H16F2N2O3. The number of hydrogen-bond acceptors (Lipinski definition) is 4. The summed E-state index contributed by atoms with van der Waals surface area (Å²) in [5.41, 5.74) is 0.204. The Morgan fingerprint density at radius 3 is 2.91 bits per heavy atom. The lowest BCUT2D eigenvalue weighted by Crippen LogP contribution is -2.15. The molecule has 122 valence electrons. The van der Waals surface area contributed by atoms with E-state index in [-0.39, 0.29) is 34.9 Å². The molecule has 0 unspecified atom stereocenters. The molecule has 1 aromatic carbocycles. The highest BCUT2D eigenvalue weighted by molar-refractivity contribution is 5.97. The van der Waals surface area contributed by atoms with Gasteiger partial charge in [0.05, 0.1) is 18.8 Å². The summed E-state index contributed by atoms with van der Waals surface area (Å²) in [5, 5.41) is 4.17. The zero-order valence-electron chi connectivity index (χ0n) is 12.9. The van der Waals surface area contributed by atoms with E-state index in [4.69, 9.17) is 9.47 Å². The Labute approximate surface area is 131 Å². The van der Waals surface area contributed by atoms with Gasteiger partial charge in [-0.25, -0.2) is 18.3 Å². The third kappa shape index (κ3) is 2.56. The summed E-state index contributed by atoms with van der Waals surface area (Å²) in [5.74, 6) is -2.40. The predicted octanol–water partition coefficient (Wildman–Crippen LogP) is 3.10. The van der Waals surface area contributed by atoms with Crippen LogP contribution in [0, 0.1) is 18.6 Å². The number of esters is 1. The molecule has 23 heavy (non-hydrogen) atoms. The number of aryl methyl sites for hydroxylation is 2. The summed E-state index contributed by atoms with van der Waals surface area (Å²) in [7, 11) is 0. The van der Waals surface area contributed by atoms with E-state index in [9.17, 15) is 13.6 Å². The second-order valence-corrected chi connectivity index (χ2v) is 5.23. The minimum absolute atomic E-state index is 0.0562. The molecule has 0 saturated carbocycles. The fourth-order valence-electron chi connectivity index (χ4n) is 2.55. The second-order valence-electron chi connectivity index (χ2n) is 5.23. The van der Waals surface area contributed by atoms with E-state index in [0.29, 0.717) is 13.2 Å². The number of benzene rings is 1. The lowest BCUT2D eigenvalue weighted by atomic mass is 10.0. The number of rotatable bonds is 3. The van der Waals surface area contributed by atoms with Crippen LogP contribution < -0.4 is 4.74 Å². The van der Waals surface area contributed by atoms with E-state index < -0.39 is 17.6 Å². The molecule has 2 aromatic rings. The Kier molecular flexibility index (Phi) is 4.02. The molecule has 0 spiro atoms. The van der Waals surface area contributed by atoms with Gasteiger partial charge in [0.25, 0.3) is 0 Å². The summed E-state index contributed by atoms with van der Waals surface area (Å²) < 4.78 is 40.4. The molecule has 3 rings (SSSR count). The Bertz CT molecular complexity index is 771. The van der Waals surface area contributed by atoms with Crippen molar-refractivity contribution in [3.63, 3.8) is 0 Å². The number of ether oxygens (including phenoxy) is 2. The van der Waals surface area contributed by atoms with Gasteiger partial charge < -0.3 is 9.47 Å². The summed E-state index contributed by atoms with van der Waals surface area (Å²) in [6, 6.07) is 2.88. The number of fused-ring (bicyclic) bond motifs is 1. The summed E-state index contributed by atoms with van der Waals surface area (Å²) in [6.07, 6.45) is 0.723. The van der Waals surface area contributed by atoms with Gasteiger partial charge in [-0.05, 0) is 19.4 Å². The third-order valence-corrected chi connectivity index (χ3v) is 3.67. The van der Waals surface area contributed by atoms with Crippen molar-refractivity contribution in [1.29, 1.82) is 0 Å². The van der Waals surface area contributed by atoms with Gasteiger partial charge in [-0.1, -0.05) is 12.1 Å². The summed E-state index contributed by atoms with van der Waals surface area (Å²) in [6.45, 7) is 4.26. The lowest BCUT2D eigenvalue weighted by molar-refractivity contribution is 0.0519. The van der Waals surface area contributed by atoms with Gasteiger partial charge >= 0.3 is 5.97 Å². The van der Waals surface area contributed by atoms with E-state index in [1.54, 1.807) is 6.92 Å². The van der Waals surface area contributed by atoms with E-state index in [1.165, 1.54) is 23.7 Å². The molecule has 2 heterocycles. The second kappa shape index (κ2) is 5.98. The van der Waals surface area contributed by atoms with Crippen molar-refractivity contribution >= 4 is 5.97 Å². The largest absolute Gasteiger partial charge is 0.477 e. The van der Waals surface area contributed by atoms with Crippen molar-refractivity contribution in [3.05, 3.63) is 35.0 Å². The van der Waals surface area contributed by atoms with Gasteiger partial charge in [-0.2, -0.15) is 5.10 Å². The predicted molar refractivity (Wildman–Crippen MR) is 78.4 cm³/mol. The normalized spacial score (nSPS) is 13.4. The first kappa shape index (κ1) is 15.5. The summed E-state index contributed by atoms with van der Waals surface area (Å²) >= 11 is 0. The van der Waals surface area contributed by atoms with Gasteiger partial charge in [-0.3, -0.25) is 0 Å². The number of carbonyl (C=O) groups is 1. The maximum atomic E-state index is 14.4. The topological polar surface area (TPSA) is 53.3 Å². The van der Waals surface area contributed by atoms with Gasteiger partial charge in [0.2, 0.25) is 5.88 Å². The smallest absolute Gasteiger partial charge is 0.359 e. The number of aromatic nitrogens is 2. The van der Waals surface area contributed by atoms with E-state index in [2.05, 4.69) is 5.10 Å². The highest BCUT2D eigenvalue weighted by Crippen LogP contribution is 2.38. The van der Waals surface area contributed by atoms with Crippen LogP contribution in [0.15, 0.2) is 12.1 Å². The molecule has 0 saturated heterocycles. The van der Waals surface area contributed by atoms with Crippen LogP contribution in [0.4, 0.5) is 8.78 Å². The molecule has 0 radical (unpaired) electrons. The van der Waals surface area contributed by atoms with Crippen LogP contribution in [0.1, 0.15) is 29.4 Å². The zero-order valence-corrected chi connectivity index (χ0v) is 12.9. The van der Waals surface area contributed by atoms with Crippen LogP contribution in [-0.4, -0.2) is 29.0 Å². The van der Waals surface area contributed by atoms with Crippen molar-refractivity contribution in [2.24, 2.45) is 0 Å². The monoisotopic (exact) mass is 322 g/mol. The van der Waals surface area contributed by atoms with Gasteiger partial charge in [0.15, 0.2) is 17.3 Å². The molecule has 0 N–H and O–H groups in total. The Balaban J connectivity index is 2.23. The van der Waals surface area contributed by atoms with Crippen molar-refractivity contribution in [1.82, 2.24) is 9.78 Å². The molecule has 0 aliphatic carbocycles. The number of hydrogen-bond donors (Lipinski definition) is 0. The Hall–Kier alpha value is -2.44. The first-order valence-electron chi connectivity index (χ1n) is 7.40. The van der Waals surface area contributed by atoms with Crippen LogP contribution in [0.2, 0.25) is 0 Å². The average Bonchev–Trinajstić information content (AvgIpc) is 2.93. The minimum atomic E-state index is -1.03. The zero-order chi connectivity index (χ0) is 16.6. The van der Waals surface area contributed by atoms with E-state index in [0.717, 1.165) is 6.42 Å². The van der Waals surface area contributed by atoms with E-state index >= 15 is 0 Å². The summed E-state index contributed by atoms with van der Waals surface area (Å²) in [4.78, 5) is 12.2. The maximum Gasteiger partial charge on any atom is 0.359 e. The van der Waals surface area contributed by atoms with E-state index in [1.807, 2.05) is 0 Å². The Morgan fingerprint density at radius 2 is 2.17 bits per heavy atom. The van der Waals surface area contributed by atoms with Crippen LogP contribution in [0.25, 0.3) is 11.1 Å². The van der Waals surface area contributed by atoms with Crippen LogP contribution in [-0.2, 0) is 11.3 Å². The molecule has 0 bridgehead atoms. The third-order valence-electron chi connectivity index (χ3n) is 3.67. The lowest BCUT2D eigenvalue weighted by Gasteiger charge is -2.16. The first-order chi connectivity index (χ1) is 11.0. The van der Waals surface area contributed by atoms with Crippen molar-refractivity contribution in [2.45, 2.75) is 26.8 Å². The highest BCUT2D eigenvalue weighted by atomic mass is 19.2. The van der Waals surface area contributed by atoms with Crippen LogP contribution >= 0.6 is 0 Å². The molecular weight excluding hydrogens is 306 g/mol. The molecule has 0 amide bonds. The van der Waals surface area contributed by atoms with Crippen molar-refractivity contribution in [3.8, 4) is 17.0 Å². The fourth-order valence-corrected chi connectivity index (χ4v) is 2.55. The van der Waals surface area contributed by atoms with Crippen molar-refractivity contribution in [2.75, 3.05) is 13.2 Å². The fraction of sp³-hybridized carbons (Fsp3) is 0.375. The molecule has 1 aliphatic heterocycles. The highest BCUT2D eigenvalue weighted by Gasteiger charge is 2.30. The molecule has 0 fully saturated rings. The Morgan fingerprint density at radius 1 is 1.39 bits per heavy atom. The van der Waals surface area contributed by atoms with Gasteiger partial charge in [-0.15, -0.1) is 0 Å².